The Labute approximate surface area is 87.6 Å². The molecule has 0 bridgehead atoms. The first-order chi connectivity index (χ1) is 6.66. The van der Waals surface area contributed by atoms with Crippen LogP contribution in [0.15, 0.2) is 16.5 Å². The van der Waals surface area contributed by atoms with Gasteiger partial charge in [0.25, 0.3) is 0 Å². The molecule has 1 aliphatic rings. The highest BCUT2D eigenvalue weighted by molar-refractivity contribution is 6.28. The lowest BCUT2D eigenvalue weighted by atomic mass is 10.1. The van der Waals surface area contributed by atoms with E-state index >= 15 is 0 Å². The maximum absolute atomic E-state index is 11.5. The lowest BCUT2D eigenvalue weighted by molar-refractivity contribution is -0.119. The monoisotopic (exact) mass is 213 g/mol. The van der Waals surface area contributed by atoms with Crippen molar-refractivity contribution in [2.75, 3.05) is 13.6 Å². The molecule has 4 heteroatoms. The maximum atomic E-state index is 11.5. The van der Waals surface area contributed by atoms with E-state index in [0.29, 0.717) is 23.8 Å². The molecule has 76 valence electrons. The van der Waals surface area contributed by atoms with Crippen molar-refractivity contribution in [1.82, 2.24) is 4.90 Å². The topological polar surface area (TPSA) is 33.5 Å². The van der Waals surface area contributed by atoms with E-state index in [2.05, 4.69) is 4.90 Å². The molecule has 0 N–H and O–H groups in total. The normalized spacial score (nSPS) is 23.3. The van der Waals surface area contributed by atoms with Crippen LogP contribution in [-0.4, -0.2) is 30.3 Å². The van der Waals surface area contributed by atoms with Crippen LogP contribution in [0.1, 0.15) is 12.2 Å². The number of nitrogens with zero attached hydrogens (tertiary/aromatic N) is 1. The molecule has 1 atom stereocenters. The van der Waals surface area contributed by atoms with Crippen molar-refractivity contribution in [2.45, 2.75) is 18.9 Å². The molecule has 1 aromatic rings. The second kappa shape index (κ2) is 3.75. The summed E-state index contributed by atoms with van der Waals surface area (Å²) in [5, 5.41) is 0.382. The van der Waals surface area contributed by atoms with Crippen LogP contribution in [0, 0.1) is 0 Å². The number of furan rings is 1. The van der Waals surface area contributed by atoms with Gasteiger partial charge in [-0.15, -0.1) is 0 Å². The Morgan fingerprint density at radius 2 is 2.43 bits per heavy atom. The number of carbonyl (C=O) groups excluding carboxylic acids is 1. The minimum Gasteiger partial charge on any atom is -0.450 e. The molecule has 3 nitrogen and oxygen atoms in total. The number of Topliss-reactive ketones (excluding diaryl/α,β-unsaturated/α-hetero) is 1. The number of likely N-dealkylation sites (N-methyl/N-ethyl adjacent to an activating group) is 1. The van der Waals surface area contributed by atoms with Crippen LogP contribution in [0.5, 0.6) is 0 Å². The van der Waals surface area contributed by atoms with Crippen molar-refractivity contribution in [3.8, 4) is 0 Å². The fourth-order valence-electron chi connectivity index (χ4n) is 1.78. The number of rotatable bonds is 2. The molecule has 1 saturated heterocycles. The first-order valence-corrected chi connectivity index (χ1v) is 5.02. The molecule has 0 saturated carbocycles. The van der Waals surface area contributed by atoms with Gasteiger partial charge in [-0.1, -0.05) is 0 Å². The van der Waals surface area contributed by atoms with Gasteiger partial charge >= 0.3 is 0 Å². The van der Waals surface area contributed by atoms with Gasteiger partial charge in [-0.25, -0.2) is 0 Å². The summed E-state index contributed by atoms with van der Waals surface area (Å²) in [5.74, 6) is 1.07. The van der Waals surface area contributed by atoms with Gasteiger partial charge in [0.15, 0.2) is 11.0 Å². The van der Waals surface area contributed by atoms with E-state index in [9.17, 15) is 4.79 Å². The number of hydrogen-bond donors (Lipinski definition) is 0. The van der Waals surface area contributed by atoms with Crippen molar-refractivity contribution in [2.24, 2.45) is 0 Å². The summed E-state index contributed by atoms with van der Waals surface area (Å²) in [6, 6.07) is 3.50. The highest BCUT2D eigenvalue weighted by Crippen LogP contribution is 2.19. The molecule has 1 unspecified atom stereocenters. The summed E-state index contributed by atoms with van der Waals surface area (Å²) in [7, 11) is 1.96. The summed E-state index contributed by atoms with van der Waals surface area (Å²) in [5.41, 5.74) is 0. The fourth-order valence-corrected chi connectivity index (χ4v) is 1.94. The number of ketones is 1. The molecular formula is C10H12ClNO2. The van der Waals surface area contributed by atoms with Crippen molar-refractivity contribution < 1.29 is 9.21 Å². The van der Waals surface area contributed by atoms with Crippen molar-refractivity contribution in [3.05, 3.63) is 23.1 Å². The first-order valence-electron chi connectivity index (χ1n) is 4.64. The summed E-state index contributed by atoms with van der Waals surface area (Å²) >= 11 is 5.65. The average Bonchev–Trinajstić information content (AvgIpc) is 2.67. The third-order valence-electron chi connectivity index (χ3n) is 2.64. The molecule has 0 aliphatic carbocycles. The lowest BCUT2D eigenvalue weighted by Crippen LogP contribution is -2.31. The van der Waals surface area contributed by atoms with E-state index in [1.807, 2.05) is 13.1 Å². The summed E-state index contributed by atoms with van der Waals surface area (Å²) in [6.45, 7) is 0.845. The standard InChI is InChI=1S/C10H12ClNO2/c1-12-5-4-9(13)8(12)6-7-2-3-10(11)14-7/h2-3,8H,4-6H2,1H3. The number of halogens is 1. The summed E-state index contributed by atoms with van der Waals surface area (Å²) < 4.78 is 5.23. The molecule has 0 aromatic carbocycles. The van der Waals surface area contributed by atoms with Crippen LogP contribution in [0.3, 0.4) is 0 Å². The largest absolute Gasteiger partial charge is 0.450 e. The van der Waals surface area contributed by atoms with E-state index in [1.54, 1.807) is 6.07 Å². The zero-order chi connectivity index (χ0) is 10.1. The Morgan fingerprint density at radius 3 is 2.93 bits per heavy atom. The van der Waals surface area contributed by atoms with Crippen LogP contribution < -0.4 is 0 Å². The van der Waals surface area contributed by atoms with Crippen LogP contribution in [0.2, 0.25) is 5.22 Å². The molecule has 14 heavy (non-hydrogen) atoms. The fraction of sp³-hybridized carbons (Fsp3) is 0.500. The Morgan fingerprint density at radius 1 is 1.64 bits per heavy atom. The summed E-state index contributed by atoms with van der Waals surface area (Å²) in [6.07, 6.45) is 1.28. The predicted octanol–water partition coefficient (Wildman–Crippen LogP) is 1.75. The minimum atomic E-state index is -0.0304. The van der Waals surface area contributed by atoms with Crippen LogP contribution in [-0.2, 0) is 11.2 Å². The lowest BCUT2D eigenvalue weighted by Gasteiger charge is -2.16. The van der Waals surface area contributed by atoms with E-state index in [-0.39, 0.29) is 6.04 Å². The molecule has 0 spiro atoms. The maximum Gasteiger partial charge on any atom is 0.193 e. The molecule has 1 aliphatic heterocycles. The second-order valence-corrected chi connectivity index (χ2v) is 4.00. The minimum absolute atomic E-state index is 0.0304. The van der Waals surface area contributed by atoms with Crippen LogP contribution in [0.4, 0.5) is 0 Å². The van der Waals surface area contributed by atoms with Gasteiger partial charge in [-0.3, -0.25) is 9.69 Å². The Bertz CT molecular complexity index is 348. The van der Waals surface area contributed by atoms with Crippen LogP contribution in [0.25, 0.3) is 0 Å². The zero-order valence-electron chi connectivity index (χ0n) is 8.00. The summed E-state index contributed by atoms with van der Waals surface area (Å²) in [4.78, 5) is 13.5. The second-order valence-electron chi connectivity index (χ2n) is 3.62. The van der Waals surface area contributed by atoms with Gasteiger partial charge in [-0.05, 0) is 30.8 Å². The Hall–Kier alpha value is -0.800. The SMILES string of the molecule is CN1CCC(=O)C1Cc1ccc(Cl)o1. The van der Waals surface area contributed by atoms with E-state index in [0.717, 1.165) is 12.3 Å². The molecule has 0 radical (unpaired) electrons. The van der Waals surface area contributed by atoms with Gasteiger partial charge in [0, 0.05) is 19.4 Å². The first kappa shape index (κ1) is 9.74. The van der Waals surface area contributed by atoms with Crippen molar-refractivity contribution in [3.63, 3.8) is 0 Å². The van der Waals surface area contributed by atoms with Gasteiger partial charge in [-0.2, -0.15) is 0 Å². The van der Waals surface area contributed by atoms with Gasteiger partial charge in [0.1, 0.15) is 5.76 Å². The molecule has 2 rings (SSSR count). The van der Waals surface area contributed by atoms with Gasteiger partial charge < -0.3 is 4.42 Å². The van der Waals surface area contributed by atoms with Crippen LogP contribution >= 0.6 is 11.6 Å². The third-order valence-corrected chi connectivity index (χ3v) is 2.84. The molecule has 2 heterocycles. The Kier molecular flexibility index (Phi) is 2.61. The van der Waals surface area contributed by atoms with E-state index in [1.165, 1.54) is 0 Å². The average molecular weight is 214 g/mol. The Balaban J connectivity index is 2.06. The molecule has 1 fully saturated rings. The molecular weight excluding hydrogens is 202 g/mol. The number of hydrogen-bond acceptors (Lipinski definition) is 3. The van der Waals surface area contributed by atoms with E-state index < -0.39 is 0 Å². The van der Waals surface area contributed by atoms with Gasteiger partial charge in [0.05, 0.1) is 6.04 Å². The zero-order valence-corrected chi connectivity index (χ0v) is 8.75. The number of carbonyl (C=O) groups is 1. The smallest absolute Gasteiger partial charge is 0.193 e. The van der Waals surface area contributed by atoms with E-state index in [4.69, 9.17) is 16.0 Å². The predicted molar refractivity (Wildman–Crippen MR) is 53.5 cm³/mol. The van der Waals surface area contributed by atoms with Crippen molar-refractivity contribution in [1.29, 1.82) is 0 Å². The quantitative estimate of drug-likeness (QED) is 0.751. The molecule has 1 aromatic heterocycles. The van der Waals surface area contributed by atoms with Crippen molar-refractivity contribution >= 4 is 17.4 Å². The molecule has 0 amide bonds. The number of likely N-dealkylation sites (tertiary alicyclic amines) is 1. The highest BCUT2D eigenvalue weighted by atomic mass is 35.5. The van der Waals surface area contributed by atoms with Gasteiger partial charge in [0.2, 0.25) is 0 Å². The third kappa shape index (κ3) is 1.83. The highest BCUT2D eigenvalue weighted by Gasteiger charge is 2.30.